The zero-order valence-corrected chi connectivity index (χ0v) is 15.7. The highest BCUT2D eigenvalue weighted by molar-refractivity contribution is 6.30. The highest BCUT2D eigenvalue weighted by Gasteiger charge is 2.17. The standard InChI is InChI=1S/C23H16ClN3O/c24-18-12-10-16(11-13-18)23-17(15-25-27(23)19-6-2-1-3-7-19)14-22-26-20-8-4-5-9-21(20)28-22/h1-13,15H,14H2. The normalized spacial score (nSPS) is 11.2. The van der Waals surface area contributed by atoms with Crippen molar-refractivity contribution in [1.82, 2.24) is 14.8 Å². The van der Waals surface area contributed by atoms with Gasteiger partial charge in [-0.25, -0.2) is 9.67 Å². The van der Waals surface area contributed by atoms with Crippen LogP contribution >= 0.6 is 11.6 Å². The van der Waals surface area contributed by atoms with Crippen LogP contribution in [0.4, 0.5) is 0 Å². The van der Waals surface area contributed by atoms with Gasteiger partial charge in [-0.3, -0.25) is 0 Å². The quantitative estimate of drug-likeness (QED) is 0.385. The number of hydrogen-bond acceptors (Lipinski definition) is 3. The van der Waals surface area contributed by atoms with Gasteiger partial charge >= 0.3 is 0 Å². The van der Waals surface area contributed by atoms with E-state index in [-0.39, 0.29) is 0 Å². The third kappa shape index (κ3) is 3.08. The first kappa shape index (κ1) is 16.8. The number of nitrogens with zero attached hydrogens (tertiary/aromatic N) is 3. The highest BCUT2D eigenvalue weighted by Crippen LogP contribution is 2.30. The number of para-hydroxylation sites is 3. The summed E-state index contributed by atoms with van der Waals surface area (Å²) in [5.41, 5.74) is 5.73. The molecule has 0 aliphatic carbocycles. The number of hydrogen-bond donors (Lipinski definition) is 0. The lowest BCUT2D eigenvalue weighted by Crippen LogP contribution is -2.00. The Hall–Kier alpha value is -3.37. The molecule has 0 amide bonds. The minimum Gasteiger partial charge on any atom is -0.440 e. The van der Waals surface area contributed by atoms with E-state index < -0.39 is 0 Å². The van der Waals surface area contributed by atoms with E-state index in [4.69, 9.17) is 16.0 Å². The number of fused-ring (bicyclic) bond motifs is 1. The molecule has 0 bridgehead atoms. The Morgan fingerprint density at radius 3 is 2.39 bits per heavy atom. The summed E-state index contributed by atoms with van der Waals surface area (Å²) in [6.07, 6.45) is 2.44. The molecule has 0 atom stereocenters. The molecule has 0 aliphatic heterocycles. The topological polar surface area (TPSA) is 43.9 Å². The van der Waals surface area contributed by atoms with Gasteiger partial charge in [0.15, 0.2) is 11.5 Å². The van der Waals surface area contributed by atoms with Crippen LogP contribution in [0.1, 0.15) is 11.5 Å². The van der Waals surface area contributed by atoms with Gasteiger partial charge in [0.05, 0.1) is 24.0 Å². The minimum atomic E-state index is 0.555. The molecule has 4 nitrogen and oxygen atoms in total. The third-order valence-corrected chi connectivity index (χ3v) is 4.90. The minimum absolute atomic E-state index is 0.555. The number of halogens is 1. The summed E-state index contributed by atoms with van der Waals surface area (Å²) in [4.78, 5) is 4.61. The molecule has 0 spiro atoms. The molecule has 0 saturated carbocycles. The van der Waals surface area contributed by atoms with Crippen LogP contribution in [0.3, 0.4) is 0 Å². The molecule has 0 fully saturated rings. The Labute approximate surface area is 167 Å². The van der Waals surface area contributed by atoms with Gasteiger partial charge in [-0.2, -0.15) is 5.10 Å². The number of oxazole rings is 1. The van der Waals surface area contributed by atoms with Crippen molar-refractivity contribution < 1.29 is 4.42 Å². The van der Waals surface area contributed by atoms with Crippen LogP contribution in [0, 0.1) is 0 Å². The van der Waals surface area contributed by atoms with Crippen molar-refractivity contribution in [2.45, 2.75) is 6.42 Å². The second-order valence-electron chi connectivity index (χ2n) is 6.52. The zero-order valence-electron chi connectivity index (χ0n) is 14.9. The van der Waals surface area contributed by atoms with Crippen molar-refractivity contribution in [2.75, 3.05) is 0 Å². The summed E-state index contributed by atoms with van der Waals surface area (Å²) in [5, 5.41) is 5.35. The summed E-state index contributed by atoms with van der Waals surface area (Å²) in [7, 11) is 0. The molecular weight excluding hydrogens is 370 g/mol. The third-order valence-electron chi connectivity index (χ3n) is 4.64. The molecule has 0 aliphatic rings. The molecular formula is C23H16ClN3O. The van der Waals surface area contributed by atoms with Crippen molar-refractivity contribution in [1.29, 1.82) is 0 Å². The lowest BCUT2D eigenvalue weighted by molar-refractivity contribution is 0.544. The summed E-state index contributed by atoms with van der Waals surface area (Å²) >= 11 is 6.10. The predicted octanol–water partition coefficient (Wildman–Crippen LogP) is 5.92. The molecule has 28 heavy (non-hydrogen) atoms. The fourth-order valence-corrected chi connectivity index (χ4v) is 3.48. The molecule has 5 aromatic rings. The molecule has 0 radical (unpaired) electrons. The Morgan fingerprint density at radius 2 is 1.61 bits per heavy atom. The van der Waals surface area contributed by atoms with E-state index in [2.05, 4.69) is 10.1 Å². The van der Waals surface area contributed by atoms with Gasteiger partial charge in [-0.05, 0) is 36.4 Å². The maximum Gasteiger partial charge on any atom is 0.200 e. The molecule has 136 valence electrons. The van der Waals surface area contributed by atoms with E-state index >= 15 is 0 Å². The SMILES string of the molecule is Clc1ccc(-c2c(Cc3nc4ccccc4o3)cnn2-c2ccccc2)cc1. The maximum atomic E-state index is 6.10. The molecule has 0 saturated heterocycles. The van der Waals surface area contributed by atoms with Crippen LogP contribution in [0.5, 0.6) is 0 Å². The van der Waals surface area contributed by atoms with E-state index in [1.54, 1.807) is 0 Å². The highest BCUT2D eigenvalue weighted by atomic mass is 35.5. The summed E-state index contributed by atoms with van der Waals surface area (Å²) in [6, 6.07) is 25.7. The lowest BCUT2D eigenvalue weighted by Gasteiger charge is -2.10. The first-order chi connectivity index (χ1) is 13.8. The van der Waals surface area contributed by atoms with Crippen molar-refractivity contribution in [3.63, 3.8) is 0 Å². The first-order valence-electron chi connectivity index (χ1n) is 9.01. The average Bonchev–Trinajstić information content (AvgIpc) is 3.33. The van der Waals surface area contributed by atoms with Crippen LogP contribution in [0.2, 0.25) is 5.02 Å². The van der Waals surface area contributed by atoms with Gasteiger partial charge in [0, 0.05) is 16.1 Å². The van der Waals surface area contributed by atoms with Gasteiger partial charge in [-0.1, -0.05) is 54.1 Å². The van der Waals surface area contributed by atoms with Gasteiger partial charge in [-0.15, -0.1) is 0 Å². The van der Waals surface area contributed by atoms with E-state index in [0.717, 1.165) is 33.6 Å². The summed E-state index contributed by atoms with van der Waals surface area (Å²) in [6.45, 7) is 0. The van der Waals surface area contributed by atoms with Crippen LogP contribution in [0.25, 0.3) is 28.0 Å². The lowest BCUT2D eigenvalue weighted by atomic mass is 10.1. The first-order valence-corrected chi connectivity index (χ1v) is 9.38. The van der Waals surface area contributed by atoms with E-state index in [1.165, 1.54) is 0 Å². The van der Waals surface area contributed by atoms with E-state index in [0.29, 0.717) is 17.3 Å². The van der Waals surface area contributed by atoms with Gasteiger partial charge < -0.3 is 4.42 Å². The maximum absolute atomic E-state index is 6.10. The van der Waals surface area contributed by atoms with Crippen LogP contribution in [-0.2, 0) is 6.42 Å². The zero-order chi connectivity index (χ0) is 18.9. The van der Waals surface area contributed by atoms with Gasteiger partial charge in [0.2, 0.25) is 0 Å². The Morgan fingerprint density at radius 1 is 0.857 bits per heavy atom. The van der Waals surface area contributed by atoms with Crippen molar-refractivity contribution in [3.05, 3.63) is 102 Å². The fourth-order valence-electron chi connectivity index (χ4n) is 3.35. The Kier molecular flexibility index (Phi) is 4.18. The van der Waals surface area contributed by atoms with Crippen molar-refractivity contribution in [2.24, 2.45) is 0 Å². The number of aromatic nitrogens is 3. The number of rotatable bonds is 4. The molecule has 2 heterocycles. The van der Waals surface area contributed by atoms with E-state index in [1.807, 2.05) is 89.7 Å². The molecule has 3 aromatic carbocycles. The summed E-state index contributed by atoms with van der Waals surface area (Å²) in [5.74, 6) is 0.670. The van der Waals surface area contributed by atoms with Crippen LogP contribution < -0.4 is 0 Å². The van der Waals surface area contributed by atoms with Crippen LogP contribution in [0.15, 0.2) is 89.5 Å². The monoisotopic (exact) mass is 385 g/mol. The van der Waals surface area contributed by atoms with Gasteiger partial charge in [0.1, 0.15) is 5.52 Å². The second-order valence-corrected chi connectivity index (χ2v) is 6.96. The van der Waals surface area contributed by atoms with E-state index in [9.17, 15) is 0 Å². The Bertz CT molecular complexity index is 1210. The van der Waals surface area contributed by atoms with Crippen molar-refractivity contribution in [3.8, 4) is 16.9 Å². The number of benzene rings is 3. The second kappa shape index (κ2) is 6.98. The smallest absolute Gasteiger partial charge is 0.200 e. The molecule has 5 heteroatoms. The Balaban J connectivity index is 1.63. The molecule has 2 aromatic heterocycles. The van der Waals surface area contributed by atoms with Crippen molar-refractivity contribution >= 4 is 22.7 Å². The predicted molar refractivity (Wildman–Crippen MR) is 111 cm³/mol. The fraction of sp³-hybridized carbons (Fsp3) is 0.0435. The van der Waals surface area contributed by atoms with Crippen LogP contribution in [-0.4, -0.2) is 14.8 Å². The van der Waals surface area contributed by atoms with Gasteiger partial charge in [0.25, 0.3) is 0 Å². The molecule has 0 unspecified atom stereocenters. The summed E-state index contributed by atoms with van der Waals surface area (Å²) < 4.78 is 7.87. The molecule has 0 N–H and O–H groups in total. The molecule has 5 rings (SSSR count). The average molecular weight is 386 g/mol. The largest absolute Gasteiger partial charge is 0.440 e.